The van der Waals surface area contributed by atoms with Gasteiger partial charge in [0, 0.05) is 25.2 Å². The summed E-state index contributed by atoms with van der Waals surface area (Å²) in [5.74, 6) is -0.573. The minimum absolute atomic E-state index is 0.170. The van der Waals surface area contributed by atoms with E-state index in [9.17, 15) is 17.6 Å². The van der Waals surface area contributed by atoms with Crippen molar-refractivity contribution in [1.29, 1.82) is 0 Å². The number of benzene rings is 2. The number of hydrogen-bond acceptors (Lipinski definition) is 3. The summed E-state index contributed by atoms with van der Waals surface area (Å²) in [7, 11) is -3.53. The number of amides is 1. The van der Waals surface area contributed by atoms with Gasteiger partial charge in [0.1, 0.15) is 5.82 Å². The van der Waals surface area contributed by atoms with Crippen LogP contribution in [0.3, 0.4) is 0 Å². The average molecular weight is 378 g/mol. The zero-order valence-corrected chi connectivity index (χ0v) is 15.7. The van der Waals surface area contributed by atoms with Crippen molar-refractivity contribution >= 4 is 15.9 Å². The van der Waals surface area contributed by atoms with E-state index >= 15 is 0 Å². The number of halogens is 1. The highest BCUT2D eigenvalue weighted by Gasteiger charge is 2.21. The molecule has 0 atom stereocenters. The smallest absolute Gasteiger partial charge is 0.251 e. The quantitative estimate of drug-likeness (QED) is 0.768. The fourth-order valence-corrected chi connectivity index (χ4v) is 4.02. The highest BCUT2D eigenvalue weighted by Crippen LogP contribution is 2.16. The molecule has 0 spiro atoms. The van der Waals surface area contributed by atoms with Gasteiger partial charge in [-0.1, -0.05) is 26.0 Å². The van der Waals surface area contributed by atoms with E-state index in [0.717, 1.165) is 5.56 Å². The molecule has 0 fully saturated rings. The molecule has 7 heteroatoms. The Kier molecular flexibility index (Phi) is 6.88. The van der Waals surface area contributed by atoms with Crippen LogP contribution >= 0.6 is 0 Å². The summed E-state index contributed by atoms with van der Waals surface area (Å²) in [4.78, 5) is 12.3. The van der Waals surface area contributed by atoms with Crippen molar-refractivity contribution in [3.63, 3.8) is 0 Å². The largest absolute Gasteiger partial charge is 0.352 e. The van der Waals surface area contributed by atoms with Gasteiger partial charge in [0.05, 0.1) is 4.90 Å². The molecule has 26 heavy (non-hydrogen) atoms. The molecule has 0 saturated carbocycles. The fraction of sp³-hybridized carbons (Fsp3) is 0.316. The molecule has 0 bridgehead atoms. The number of carbonyl (C=O) groups is 1. The topological polar surface area (TPSA) is 66.5 Å². The number of sulfonamides is 1. The van der Waals surface area contributed by atoms with E-state index in [1.165, 1.54) is 40.7 Å². The van der Waals surface area contributed by atoms with E-state index in [1.54, 1.807) is 26.0 Å². The Bertz CT molecular complexity index is 830. The van der Waals surface area contributed by atoms with E-state index in [1.807, 2.05) is 0 Å². The SMILES string of the molecule is CCN(CC)S(=O)(=O)c1ccc(C(=O)NCCc2ccc(F)cc2)cc1. The monoisotopic (exact) mass is 378 g/mol. The van der Waals surface area contributed by atoms with Crippen LogP contribution in [0.25, 0.3) is 0 Å². The maximum atomic E-state index is 12.9. The number of nitrogens with zero attached hydrogens (tertiary/aromatic N) is 1. The average Bonchev–Trinajstić information content (AvgIpc) is 2.64. The van der Waals surface area contributed by atoms with Gasteiger partial charge in [0.15, 0.2) is 0 Å². The predicted molar refractivity (Wildman–Crippen MR) is 99.0 cm³/mol. The fourth-order valence-electron chi connectivity index (χ4n) is 2.56. The molecule has 2 aromatic carbocycles. The standard InChI is InChI=1S/C19H23FN2O3S/c1-3-22(4-2)26(24,25)18-11-7-16(8-12-18)19(23)21-14-13-15-5-9-17(20)10-6-15/h5-12H,3-4,13-14H2,1-2H3,(H,21,23). The van der Waals surface area contributed by atoms with Crippen LogP contribution in [0, 0.1) is 5.82 Å². The second kappa shape index (κ2) is 8.91. The van der Waals surface area contributed by atoms with Crippen molar-refractivity contribution in [2.45, 2.75) is 25.2 Å². The third-order valence-electron chi connectivity index (χ3n) is 4.07. The summed E-state index contributed by atoms with van der Waals surface area (Å²) in [6.45, 7) is 4.76. The Morgan fingerprint density at radius 2 is 1.58 bits per heavy atom. The van der Waals surface area contributed by atoms with Gasteiger partial charge >= 0.3 is 0 Å². The van der Waals surface area contributed by atoms with Crippen LogP contribution in [0.2, 0.25) is 0 Å². The van der Waals surface area contributed by atoms with Gasteiger partial charge < -0.3 is 5.32 Å². The van der Waals surface area contributed by atoms with Crippen LogP contribution in [-0.2, 0) is 16.4 Å². The summed E-state index contributed by atoms with van der Waals surface area (Å²) < 4.78 is 39.1. The van der Waals surface area contributed by atoms with E-state index in [0.29, 0.717) is 31.6 Å². The lowest BCUT2D eigenvalue weighted by Crippen LogP contribution is -2.30. The molecule has 0 saturated heterocycles. The van der Waals surface area contributed by atoms with E-state index < -0.39 is 10.0 Å². The van der Waals surface area contributed by atoms with Crippen molar-refractivity contribution in [1.82, 2.24) is 9.62 Å². The zero-order valence-electron chi connectivity index (χ0n) is 14.9. The molecule has 0 aliphatic heterocycles. The Balaban J connectivity index is 1.97. The molecule has 0 aliphatic carbocycles. The Hall–Kier alpha value is -2.25. The summed E-state index contributed by atoms with van der Waals surface area (Å²) in [5, 5.41) is 2.77. The van der Waals surface area contributed by atoms with Crippen LogP contribution in [0.4, 0.5) is 4.39 Å². The number of carbonyl (C=O) groups excluding carboxylic acids is 1. The minimum atomic E-state index is -3.53. The third kappa shape index (κ3) is 4.89. The summed E-state index contributed by atoms with van der Waals surface area (Å²) in [5.41, 5.74) is 1.31. The molecule has 5 nitrogen and oxygen atoms in total. The molecule has 0 radical (unpaired) electrons. The molecular formula is C19H23FN2O3S. The molecule has 0 aliphatic rings. The normalized spacial score (nSPS) is 11.5. The first-order valence-electron chi connectivity index (χ1n) is 8.51. The highest BCUT2D eigenvalue weighted by molar-refractivity contribution is 7.89. The maximum absolute atomic E-state index is 12.9. The first-order chi connectivity index (χ1) is 12.4. The molecule has 140 valence electrons. The van der Waals surface area contributed by atoms with Crippen molar-refractivity contribution in [3.05, 3.63) is 65.5 Å². The van der Waals surface area contributed by atoms with E-state index in [4.69, 9.17) is 0 Å². The molecular weight excluding hydrogens is 355 g/mol. The van der Waals surface area contributed by atoms with E-state index in [2.05, 4.69) is 5.32 Å². The number of hydrogen-bond donors (Lipinski definition) is 1. The molecule has 1 N–H and O–H groups in total. The number of rotatable bonds is 8. The Morgan fingerprint density at radius 1 is 1.00 bits per heavy atom. The zero-order chi connectivity index (χ0) is 19.2. The first kappa shape index (κ1) is 20.1. The van der Waals surface area contributed by atoms with Gasteiger partial charge in [-0.3, -0.25) is 4.79 Å². The molecule has 1 amide bonds. The van der Waals surface area contributed by atoms with Gasteiger partial charge in [-0.2, -0.15) is 4.31 Å². The lowest BCUT2D eigenvalue weighted by molar-refractivity contribution is 0.0954. The molecule has 0 heterocycles. The summed E-state index contributed by atoms with van der Waals surface area (Å²) in [6.07, 6.45) is 0.584. The maximum Gasteiger partial charge on any atom is 0.251 e. The van der Waals surface area contributed by atoms with Crippen molar-refractivity contribution in [2.24, 2.45) is 0 Å². The first-order valence-corrected chi connectivity index (χ1v) is 9.95. The lowest BCUT2D eigenvalue weighted by atomic mass is 10.1. The summed E-state index contributed by atoms with van der Waals surface area (Å²) >= 11 is 0. The summed E-state index contributed by atoms with van der Waals surface area (Å²) in [6, 6.07) is 12.0. The molecule has 2 aromatic rings. The van der Waals surface area contributed by atoms with Crippen LogP contribution in [0.1, 0.15) is 29.8 Å². The molecule has 0 unspecified atom stereocenters. The molecule has 0 aromatic heterocycles. The van der Waals surface area contributed by atoms with Crippen LogP contribution < -0.4 is 5.32 Å². The second-order valence-corrected chi connectivity index (χ2v) is 7.68. The van der Waals surface area contributed by atoms with Crippen molar-refractivity contribution < 1.29 is 17.6 Å². The van der Waals surface area contributed by atoms with Crippen molar-refractivity contribution in [3.8, 4) is 0 Å². The van der Waals surface area contributed by atoms with Gasteiger partial charge in [-0.25, -0.2) is 12.8 Å². The number of nitrogens with one attached hydrogen (secondary N) is 1. The molecule has 2 rings (SSSR count). The minimum Gasteiger partial charge on any atom is -0.352 e. The van der Waals surface area contributed by atoms with Gasteiger partial charge in [0.25, 0.3) is 5.91 Å². The van der Waals surface area contributed by atoms with Crippen molar-refractivity contribution in [2.75, 3.05) is 19.6 Å². The lowest BCUT2D eigenvalue weighted by Gasteiger charge is -2.18. The third-order valence-corrected chi connectivity index (χ3v) is 6.14. The van der Waals surface area contributed by atoms with Gasteiger partial charge in [-0.05, 0) is 48.4 Å². The van der Waals surface area contributed by atoms with Crippen LogP contribution in [0.15, 0.2) is 53.4 Å². The van der Waals surface area contributed by atoms with Gasteiger partial charge in [-0.15, -0.1) is 0 Å². The predicted octanol–water partition coefficient (Wildman–Crippen LogP) is 2.83. The van der Waals surface area contributed by atoms with Gasteiger partial charge in [0.2, 0.25) is 10.0 Å². The highest BCUT2D eigenvalue weighted by atomic mass is 32.2. The van der Waals surface area contributed by atoms with Crippen LogP contribution in [-0.4, -0.2) is 38.3 Å². The van der Waals surface area contributed by atoms with E-state index in [-0.39, 0.29) is 16.6 Å². The van der Waals surface area contributed by atoms with Crippen LogP contribution in [0.5, 0.6) is 0 Å². The second-order valence-electron chi connectivity index (χ2n) is 5.75. The Labute approximate surface area is 153 Å². The Morgan fingerprint density at radius 3 is 2.12 bits per heavy atom.